The molecule has 20 heavy (non-hydrogen) atoms. The lowest BCUT2D eigenvalue weighted by Crippen LogP contribution is -2.45. The van der Waals surface area contributed by atoms with Crippen molar-refractivity contribution in [2.24, 2.45) is 11.1 Å². The molecule has 1 fully saturated rings. The number of hydrogen-bond donors (Lipinski definition) is 2. The van der Waals surface area contributed by atoms with Crippen molar-refractivity contribution in [3.05, 3.63) is 36.5 Å². The lowest BCUT2D eigenvalue weighted by Gasteiger charge is -2.39. The fourth-order valence-electron chi connectivity index (χ4n) is 2.84. The van der Waals surface area contributed by atoms with Gasteiger partial charge in [0.05, 0.1) is 5.84 Å². The Morgan fingerprint density at radius 3 is 2.65 bits per heavy atom. The highest BCUT2D eigenvalue weighted by molar-refractivity contribution is 5.92. The van der Waals surface area contributed by atoms with Gasteiger partial charge in [-0.3, -0.25) is 5.41 Å². The molecule has 2 heterocycles. The van der Waals surface area contributed by atoms with Crippen molar-refractivity contribution >= 4 is 22.4 Å². The molecule has 0 amide bonds. The van der Waals surface area contributed by atoms with Crippen LogP contribution in [-0.4, -0.2) is 23.9 Å². The Morgan fingerprint density at radius 2 is 1.95 bits per heavy atom. The minimum atomic E-state index is -0.152. The van der Waals surface area contributed by atoms with Crippen LogP contribution in [0.2, 0.25) is 0 Å². The SMILES string of the molecule is CC1(C(=N)N)CCN(c2nccc3ccccc23)CC1. The van der Waals surface area contributed by atoms with E-state index in [0.717, 1.165) is 31.7 Å². The largest absolute Gasteiger partial charge is 0.387 e. The summed E-state index contributed by atoms with van der Waals surface area (Å²) < 4.78 is 0. The second-order valence-electron chi connectivity index (χ2n) is 5.82. The monoisotopic (exact) mass is 268 g/mol. The van der Waals surface area contributed by atoms with Crippen LogP contribution in [0.1, 0.15) is 19.8 Å². The van der Waals surface area contributed by atoms with Crippen LogP contribution >= 0.6 is 0 Å². The highest BCUT2D eigenvalue weighted by Crippen LogP contribution is 2.34. The van der Waals surface area contributed by atoms with E-state index in [1.54, 1.807) is 0 Å². The quantitative estimate of drug-likeness (QED) is 0.650. The van der Waals surface area contributed by atoms with Crippen LogP contribution in [0.15, 0.2) is 36.5 Å². The summed E-state index contributed by atoms with van der Waals surface area (Å²) in [5.74, 6) is 1.36. The number of nitrogens with zero attached hydrogens (tertiary/aromatic N) is 2. The van der Waals surface area contributed by atoms with Gasteiger partial charge in [0.2, 0.25) is 0 Å². The van der Waals surface area contributed by atoms with Crippen LogP contribution in [0.25, 0.3) is 10.8 Å². The number of fused-ring (bicyclic) bond motifs is 1. The Morgan fingerprint density at radius 1 is 1.25 bits per heavy atom. The second kappa shape index (κ2) is 4.78. The third kappa shape index (κ3) is 2.11. The predicted molar refractivity (Wildman–Crippen MR) is 83.2 cm³/mol. The molecule has 1 aliphatic rings. The van der Waals surface area contributed by atoms with Gasteiger partial charge in [0.25, 0.3) is 0 Å². The maximum atomic E-state index is 7.73. The van der Waals surface area contributed by atoms with Crippen LogP contribution in [0.3, 0.4) is 0 Å². The topological polar surface area (TPSA) is 66.0 Å². The van der Waals surface area contributed by atoms with Gasteiger partial charge < -0.3 is 10.6 Å². The summed E-state index contributed by atoms with van der Waals surface area (Å²) in [6.45, 7) is 3.89. The van der Waals surface area contributed by atoms with Crippen LogP contribution < -0.4 is 10.6 Å². The van der Waals surface area contributed by atoms with Crippen molar-refractivity contribution in [2.75, 3.05) is 18.0 Å². The molecule has 4 heteroatoms. The normalized spacial score (nSPS) is 18.1. The van der Waals surface area contributed by atoms with Crippen molar-refractivity contribution in [1.29, 1.82) is 5.41 Å². The molecule has 0 aliphatic carbocycles. The first kappa shape index (κ1) is 12.9. The van der Waals surface area contributed by atoms with E-state index in [0.29, 0.717) is 5.84 Å². The summed E-state index contributed by atoms with van der Waals surface area (Å²) in [7, 11) is 0. The number of nitrogens with one attached hydrogen (secondary N) is 1. The van der Waals surface area contributed by atoms with Gasteiger partial charge in [-0.2, -0.15) is 0 Å². The molecule has 104 valence electrons. The number of benzene rings is 1. The summed E-state index contributed by atoms with van der Waals surface area (Å²) >= 11 is 0. The molecule has 0 unspecified atom stereocenters. The molecule has 3 rings (SSSR count). The molecule has 0 radical (unpaired) electrons. The molecule has 1 aromatic carbocycles. The van der Waals surface area contributed by atoms with Gasteiger partial charge in [-0.1, -0.05) is 31.2 Å². The maximum absolute atomic E-state index is 7.73. The third-order valence-electron chi connectivity index (χ3n) is 4.47. The van der Waals surface area contributed by atoms with E-state index < -0.39 is 0 Å². The Balaban J connectivity index is 1.89. The molecular formula is C16H20N4. The molecule has 1 aromatic heterocycles. The predicted octanol–water partition coefficient (Wildman–Crippen LogP) is 2.78. The van der Waals surface area contributed by atoms with Crippen molar-refractivity contribution < 1.29 is 0 Å². The summed E-state index contributed by atoms with van der Waals surface area (Å²) in [6.07, 6.45) is 3.69. The van der Waals surface area contributed by atoms with E-state index in [-0.39, 0.29) is 5.41 Å². The van der Waals surface area contributed by atoms with E-state index >= 15 is 0 Å². The zero-order valence-corrected chi connectivity index (χ0v) is 11.8. The summed E-state index contributed by atoms with van der Waals surface area (Å²) in [6, 6.07) is 10.4. The molecule has 0 saturated carbocycles. The van der Waals surface area contributed by atoms with Gasteiger partial charge in [-0.15, -0.1) is 0 Å². The molecule has 4 nitrogen and oxygen atoms in total. The zero-order chi connectivity index (χ0) is 14.2. The van der Waals surface area contributed by atoms with E-state index in [1.165, 1.54) is 10.8 Å². The second-order valence-corrected chi connectivity index (χ2v) is 5.82. The van der Waals surface area contributed by atoms with Crippen molar-refractivity contribution in [3.63, 3.8) is 0 Å². The van der Waals surface area contributed by atoms with Gasteiger partial charge in [0.1, 0.15) is 5.82 Å². The van der Waals surface area contributed by atoms with Crippen LogP contribution in [0, 0.1) is 10.8 Å². The average Bonchev–Trinajstić information content (AvgIpc) is 2.47. The third-order valence-corrected chi connectivity index (χ3v) is 4.47. The minimum Gasteiger partial charge on any atom is -0.387 e. The Labute approximate surface area is 119 Å². The van der Waals surface area contributed by atoms with Crippen LogP contribution in [0.5, 0.6) is 0 Å². The van der Waals surface area contributed by atoms with Gasteiger partial charge in [0.15, 0.2) is 0 Å². The zero-order valence-electron chi connectivity index (χ0n) is 11.8. The summed E-state index contributed by atoms with van der Waals surface area (Å²) in [4.78, 5) is 6.88. The van der Waals surface area contributed by atoms with Gasteiger partial charge >= 0.3 is 0 Å². The molecule has 0 bridgehead atoms. The summed E-state index contributed by atoms with van der Waals surface area (Å²) in [5, 5.41) is 10.1. The van der Waals surface area contributed by atoms with Crippen molar-refractivity contribution in [2.45, 2.75) is 19.8 Å². The molecule has 1 saturated heterocycles. The van der Waals surface area contributed by atoms with Crippen molar-refractivity contribution in [1.82, 2.24) is 4.98 Å². The van der Waals surface area contributed by atoms with E-state index in [1.807, 2.05) is 12.3 Å². The number of hydrogen-bond acceptors (Lipinski definition) is 3. The van der Waals surface area contributed by atoms with E-state index in [4.69, 9.17) is 11.1 Å². The van der Waals surface area contributed by atoms with E-state index in [9.17, 15) is 0 Å². The van der Waals surface area contributed by atoms with Crippen LogP contribution in [-0.2, 0) is 0 Å². The number of piperidine rings is 1. The molecule has 1 aliphatic heterocycles. The number of anilines is 1. The first-order chi connectivity index (χ1) is 9.60. The highest BCUT2D eigenvalue weighted by atomic mass is 15.2. The number of aromatic nitrogens is 1. The lowest BCUT2D eigenvalue weighted by atomic mass is 9.79. The average molecular weight is 268 g/mol. The van der Waals surface area contributed by atoms with Crippen molar-refractivity contribution in [3.8, 4) is 0 Å². The van der Waals surface area contributed by atoms with Gasteiger partial charge in [-0.05, 0) is 24.3 Å². The standard InChI is InChI=1S/C16H20N4/c1-16(15(17)18)7-10-20(11-8-16)14-13-5-3-2-4-12(13)6-9-19-14/h2-6,9H,7-8,10-11H2,1H3,(H3,17,18). The molecule has 0 spiro atoms. The number of amidine groups is 1. The Bertz CT molecular complexity index is 636. The number of pyridine rings is 1. The molecule has 2 aromatic rings. The highest BCUT2D eigenvalue weighted by Gasteiger charge is 2.33. The fourth-order valence-corrected chi connectivity index (χ4v) is 2.84. The number of rotatable bonds is 2. The lowest BCUT2D eigenvalue weighted by molar-refractivity contribution is 0.350. The molecule has 3 N–H and O–H groups in total. The van der Waals surface area contributed by atoms with Gasteiger partial charge in [-0.25, -0.2) is 4.98 Å². The Kier molecular flexibility index (Phi) is 3.08. The summed E-state index contributed by atoms with van der Waals surface area (Å²) in [5.41, 5.74) is 5.57. The fraction of sp³-hybridized carbons (Fsp3) is 0.375. The Hall–Kier alpha value is -2.10. The van der Waals surface area contributed by atoms with Gasteiger partial charge in [0, 0.05) is 30.1 Å². The molecule has 0 atom stereocenters. The minimum absolute atomic E-state index is 0.152. The van der Waals surface area contributed by atoms with E-state index in [2.05, 4.69) is 41.1 Å². The maximum Gasteiger partial charge on any atom is 0.136 e. The number of nitrogens with two attached hydrogens (primary N) is 1. The van der Waals surface area contributed by atoms with Crippen LogP contribution in [0.4, 0.5) is 5.82 Å². The first-order valence-corrected chi connectivity index (χ1v) is 7.03. The first-order valence-electron chi connectivity index (χ1n) is 7.03. The smallest absolute Gasteiger partial charge is 0.136 e. The molecular weight excluding hydrogens is 248 g/mol.